The van der Waals surface area contributed by atoms with Crippen molar-refractivity contribution >= 4 is 27.7 Å². The molecule has 0 aromatic heterocycles. The van der Waals surface area contributed by atoms with Crippen LogP contribution < -0.4 is 5.73 Å². The zero-order valence-corrected chi connectivity index (χ0v) is 11.1. The van der Waals surface area contributed by atoms with Gasteiger partial charge < -0.3 is 5.73 Å². The molecule has 0 amide bonds. The lowest BCUT2D eigenvalue weighted by molar-refractivity contribution is 0.597. The van der Waals surface area contributed by atoms with Gasteiger partial charge in [0, 0.05) is 16.3 Å². The Kier molecular flexibility index (Phi) is 5.64. The normalized spacial score (nSPS) is 12.8. The first-order chi connectivity index (χ1) is 7.13. The number of thioether (sulfide) groups is 1. The van der Waals surface area contributed by atoms with Gasteiger partial charge in [-0.1, -0.05) is 22.9 Å². The Hall–Kier alpha value is -0.0600. The number of halogens is 2. The van der Waals surface area contributed by atoms with Crippen molar-refractivity contribution in [2.45, 2.75) is 19.4 Å². The molecule has 0 aliphatic heterocycles. The first-order valence-corrected chi connectivity index (χ1v) is 6.85. The van der Waals surface area contributed by atoms with Crippen LogP contribution in [-0.2, 0) is 6.42 Å². The van der Waals surface area contributed by atoms with Gasteiger partial charge in [0.15, 0.2) is 0 Å². The Morgan fingerprint density at radius 2 is 2.27 bits per heavy atom. The fraction of sp³-hybridized carbons (Fsp3) is 0.455. The first kappa shape index (κ1) is 13.0. The van der Waals surface area contributed by atoms with Gasteiger partial charge in [0.05, 0.1) is 0 Å². The molecule has 0 aliphatic carbocycles. The number of hydrogen-bond acceptors (Lipinski definition) is 2. The number of hydrogen-bond donors (Lipinski definition) is 1. The molecule has 0 radical (unpaired) electrons. The van der Waals surface area contributed by atoms with E-state index in [1.807, 2.05) is 0 Å². The van der Waals surface area contributed by atoms with Crippen molar-refractivity contribution in [2.24, 2.45) is 5.73 Å². The monoisotopic (exact) mass is 291 g/mol. The van der Waals surface area contributed by atoms with Crippen LogP contribution in [0.15, 0.2) is 22.7 Å². The SMILES string of the molecule is CCSCC(N)Cc1cc(Br)ccc1F. The summed E-state index contributed by atoms with van der Waals surface area (Å²) < 4.78 is 14.3. The lowest BCUT2D eigenvalue weighted by Gasteiger charge is -2.11. The van der Waals surface area contributed by atoms with Crippen molar-refractivity contribution in [1.82, 2.24) is 0 Å². The van der Waals surface area contributed by atoms with Gasteiger partial charge in [-0.05, 0) is 35.9 Å². The Bertz CT molecular complexity index is 319. The summed E-state index contributed by atoms with van der Waals surface area (Å²) in [4.78, 5) is 0. The molecule has 1 unspecified atom stereocenters. The zero-order valence-electron chi connectivity index (χ0n) is 8.67. The summed E-state index contributed by atoms with van der Waals surface area (Å²) in [6, 6.07) is 4.99. The molecule has 0 saturated carbocycles. The van der Waals surface area contributed by atoms with Crippen LogP contribution in [0.4, 0.5) is 4.39 Å². The fourth-order valence-corrected chi connectivity index (χ4v) is 2.38. The van der Waals surface area contributed by atoms with E-state index in [4.69, 9.17) is 5.73 Å². The van der Waals surface area contributed by atoms with Gasteiger partial charge in [-0.15, -0.1) is 0 Å². The smallest absolute Gasteiger partial charge is 0.126 e. The highest BCUT2D eigenvalue weighted by Crippen LogP contribution is 2.17. The number of nitrogens with two attached hydrogens (primary N) is 1. The van der Waals surface area contributed by atoms with E-state index >= 15 is 0 Å². The maximum atomic E-state index is 13.4. The van der Waals surface area contributed by atoms with Gasteiger partial charge in [0.25, 0.3) is 0 Å². The molecule has 1 aromatic carbocycles. The summed E-state index contributed by atoms with van der Waals surface area (Å²) in [6.45, 7) is 2.09. The molecule has 1 nitrogen and oxygen atoms in total. The number of rotatable bonds is 5. The molecule has 0 bridgehead atoms. The van der Waals surface area contributed by atoms with Gasteiger partial charge in [0.1, 0.15) is 5.82 Å². The van der Waals surface area contributed by atoms with E-state index in [2.05, 4.69) is 22.9 Å². The third-order valence-corrected chi connectivity index (χ3v) is 3.59. The molecule has 0 saturated heterocycles. The molecule has 0 spiro atoms. The first-order valence-electron chi connectivity index (χ1n) is 4.90. The van der Waals surface area contributed by atoms with Crippen LogP contribution in [0.25, 0.3) is 0 Å². The Balaban J connectivity index is 2.59. The lowest BCUT2D eigenvalue weighted by Crippen LogP contribution is -2.26. The maximum Gasteiger partial charge on any atom is 0.126 e. The summed E-state index contributed by atoms with van der Waals surface area (Å²) in [6.07, 6.45) is 0.596. The standard InChI is InChI=1S/C11H15BrFNS/c1-2-15-7-10(14)6-8-5-9(12)3-4-11(8)13/h3-5,10H,2,6-7,14H2,1H3. The van der Waals surface area contributed by atoms with Crippen LogP contribution in [0.5, 0.6) is 0 Å². The van der Waals surface area contributed by atoms with E-state index in [0.29, 0.717) is 12.0 Å². The summed E-state index contributed by atoms with van der Waals surface area (Å²) in [7, 11) is 0. The van der Waals surface area contributed by atoms with Crippen LogP contribution in [0.1, 0.15) is 12.5 Å². The van der Waals surface area contributed by atoms with Gasteiger partial charge >= 0.3 is 0 Å². The average molecular weight is 292 g/mol. The third kappa shape index (κ3) is 4.53. The highest BCUT2D eigenvalue weighted by Gasteiger charge is 2.08. The van der Waals surface area contributed by atoms with Crippen molar-refractivity contribution in [2.75, 3.05) is 11.5 Å². The van der Waals surface area contributed by atoms with E-state index < -0.39 is 0 Å². The predicted molar refractivity (Wildman–Crippen MR) is 68.8 cm³/mol. The number of benzene rings is 1. The van der Waals surface area contributed by atoms with Crippen LogP contribution in [0, 0.1) is 5.82 Å². The quantitative estimate of drug-likeness (QED) is 0.902. The van der Waals surface area contributed by atoms with Crippen LogP contribution in [0.3, 0.4) is 0 Å². The second-order valence-corrected chi connectivity index (χ2v) is 5.59. The zero-order chi connectivity index (χ0) is 11.3. The molecule has 0 heterocycles. The second kappa shape index (κ2) is 6.51. The highest BCUT2D eigenvalue weighted by molar-refractivity contribution is 9.10. The molecule has 2 N–H and O–H groups in total. The molecule has 1 atom stereocenters. The maximum absolute atomic E-state index is 13.4. The Labute approximate surface area is 103 Å². The molecule has 1 rings (SSSR count). The molecule has 0 fully saturated rings. The largest absolute Gasteiger partial charge is 0.327 e. The average Bonchev–Trinajstić information content (AvgIpc) is 2.20. The summed E-state index contributed by atoms with van der Waals surface area (Å²) >= 11 is 5.11. The van der Waals surface area contributed by atoms with E-state index in [-0.39, 0.29) is 11.9 Å². The van der Waals surface area contributed by atoms with Crippen LogP contribution in [0.2, 0.25) is 0 Å². The van der Waals surface area contributed by atoms with Gasteiger partial charge in [-0.2, -0.15) is 11.8 Å². The van der Waals surface area contributed by atoms with Gasteiger partial charge in [-0.3, -0.25) is 0 Å². The van der Waals surface area contributed by atoms with Crippen molar-refractivity contribution in [3.63, 3.8) is 0 Å². The van der Waals surface area contributed by atoms with E-state index in [1.165, 1.54) is 6.07 Å². The third-order valence-electron chi connectivity index (χ3n) is 2.03. The van der Waals surface area contributed by atoms with E-state index in [1.54, 1.807) is 23.9 Å². The summed E-state index contributed by atoms with van der Waals surface area (Å²) in [5.41, 5.74) is 6.60. The van der Waals surface area contributed by atoms with E-state index in [0.717, 1.165) is 16.0 Å². The van der Waals surface area contributed by atoms with E-state index in [9.17, 15) is 4.39 Å². The van der Waals surface area contributed by atoms with Crippen LogP contribution in [-0.4, -0.2) is 17.5 Å². The molecule has 4 heteroatoms. The second-order valence-electron chi connectivity index (χ2n) is 3.36. The van der Waals surface area contributed by atoms with Crippen molar-refractivity contribution in [3.8, 4) is 0 Å². The molecule has 84 valence electrons. The van der Waals surface area contributed by atoms with Crippen molar-refractivity contribution in [3.05, 3.63) is 34.1 Å². The lowest BCUT2D eigenvalue weighted by atomic mass is 10.1. The highest BCUT2D eigenvalue weighted by atomic mass is 79.9. The van der Waals surface area contributed by atoms with Gasteiger partial charge in [-0.25, -0.2) is 4.39 Å². The minimum Gasteiger partial charge on any atom is -0.327 e. The van der Waals surface area contributed by atoms with Crippen molar-refractivity contribution in [1.29, 1.82) is 0 Å². The molecular formula is C11H15BrFNS. The van der Waals surface area contributed by atoms with Crippen LogP contribution >= 0.6 is 27.7 Å². The topological polar surface area (TPSA) is 26.0 Å². The van der Waals surface area contributed by atoms with Crippen molar-refractivity contribution < 1.29 is 4.39 Å². The fourth-order valence-electron chi connectivity index (χ4n) is 1.31. The van der Waals surface area contributed by atoms with Gasteiger partial charge in [0.2, 0.25) is 0 Å². The Morgan fingerprint density at radius 3 is 2.93 bits per heavy atom. The minimum atomic E-state index is -0.171. The Morgan fingerprint density at radius 1 is 1.53 bits per heavy atom. The minimum absolute atomic E-state index is 0.0266. The molecule has 15 heavy (non-hydrogen) atoms. The molecule has 0 aliphatic rings. The summed E-state index contributed by atoms with van der Waals surface area (Å²) in [5.74, 6) is 1.76. The predicted octanol–water partition coefficient (Wildman–Crippen LogP) is 3.21. The summed E-state index contributed by atoms with van der Waals surface area (Å²) in [5, 5.41) is 0. The molecular weight excluding hydrogens is 277 g/mol. The molecule has 1 aromatic rings.